The van der Waals surface area contributed by atoms with Gasteiger partial charge in [-0.2, -0.15) is 0 Å². The summed E-state index contributed by atoms with van der Waals surface area (Å²) in [5, 5.41) is 21.8. The Morgan fingerprint density at radius 2 is 2.00 bits per heavy atom. The molecule has 1 aromatic heterocycles. The molecule has 1 heterocycles. The van der Waals surface area contributed by atoms with Crippen LogP contribution in [-0.2, 0) is 16.0 Å². The van der Waals surface area contributed by atoms with Crippen LogP contribution >= 0.6 is 11.3 Å². The maximum atomic E-state index is 12.6. The number of carboxylic acid groups (broad SMARTS) is 1. The van der Waals surface area contributed by atoms with E-state index < -0.39 is 11.4 Å². The van der Waals surface area contributed by atoms with Gasteiger partial charge in [0, 0.05) is 5.92 Å². The van der Waals surface area contributed by atoms with Crippen molar-refractivity contribution in [1.82, 2.24) is 10.2 Å². The largest absolute Gasteiger partial charge is 0.481 e. The smallest absolute Gasteiger partial charge is 0.309 e. The average Bonchev–Trinajstić information content (AvgIpc) is 3.16. The molecule has 0 radical (unpaired) electrons. The number of aliphatic carboxylic acids is 1. The lowest BCUT2D eigenvalue weighted by Crippen LogP contribution is -2.34. The van der Waals surface area contributed by atoms with Crippen LogP contribution in [0.15, 0.2) is 0 Å². The predicted octanol–water partition coefficient (Wildman–Crippen LogP) is 3.49. The van der Waals surface area contributed by atoms with Crippen molar-refractivity contribution < 1.29 is 14.7 Å². The van der Waals surface area contributed by atoms with Crippen LogP contribution in [0.1, 0.15) is 63.8 Å². The normalized spacial score (nSPS) is 17.8. The molecule has 128 valence electrons. The van der Waals surface area contributed by atoms with Gasteiger partial charge in [0.1, 0.15) is 5.01 Å². The van der Waals surface area contributed by atoms with Gasteiger partial charge in [-0.3, -0.25) is 9.59 Å². The van der Waals surface area contributed by atoms with Crippen LogP contribution in [0.25, 0.3) is 0 Å². The molecule has 0 aliphatic heterocycles. The van der Waals surface area contributed by atoms with Crippen molar-refractivity contribution in [3.63, 3.8) is 0 Å². The third-order valence-electron chi connectivity index (χ3n) is 4.66. The molecule has 0 saturated heterocycles. The second kappa shape index (κ2) is 7.86. The molecule has 1 aromatic rings. The van der Waals surface area contributed by atoms with Crippen molar-refractivity contribution >= 4 is 28.3 Å². The highest BCUT2D eigenvalue weighted by molar-refractivity contribution is 7.15. The third-order valence-corrected chi connectivity index (χ3v) is 5.64. The molecule has 1 atom stereocenters. The lowest BCUT2D eigenvalue weighted by atomic mass is 9.76. The van der Waals surface area contributed by atoms with E-state index in [0.717, 1.165) is 30.7 Å². The zero-order valence-electron chi connectivity index (χ0n) is 13.8. The molecular weight excluding hydrogens is 314 g/mol. The number of rotatable bonds is 8. The van der Waals surface area contributed by atoms with Gasteiger partial charge in [0.05, 0.1) is 5.41 Å². The molecule has 23 heavy (non-hydrogen) atoms. The van der Waals surface area contributed by atoms with E-state index in [4.69, 9.17) is 0 Å². The number of hydrogen-bond acceptors (Lipinski definition) is 5. The van der Waals surface area contributed by atoms with Crippen LogP contribution in [0.4, 0.5) is 5.13 Å². The fourth-order valence-electron chi connectivity index (χ4n) is 3.36. The van der Waals surface area contributed by atoms with Crippen molar-refractivity contribution in [2.24, 2.45) is 11.3 Å². The molecular formula is C16H25N3O3S. The molecule has 7 heteroatoms. The Morgan fingerprint density at radius 3 is 2.52 bits per heavy atom. The number of anilines is 1. The predicted molar refractivity (Wildman–Crippen MR) is 89.5 cm³/mol. The van der Waals surface area contributed by atoms with Crippen molar-refractivity contribution in [2.75, 3.05) is 5.32 Å². The van der Waals surface area contributed by atoms with Gasteiger partial charge < -0.3 is 10.4 Å². The molecule has 1 amide bonds. The highest BCUT2D eigenvalue weighted by Gasteiger charge is 2.44. The number of carbonyl (C=O) groups is 2. The van der Waals surface area contributed by atoms with Gasteiger partial charge in [0.15, 0.2) is 0 Å². The minimum absolute atomic E-state index is 0.127. The van der Waals surface area contributed by atoms with E-state index in [1.807, 2.05) is 13.8 Å². The van der Waals surface area contributed by atoms with Crippen LogP contribution in [0.3, 0.4) is 0 Å². The number of nitrogens with one attached hydrogen (secondary N) is 1. The first kappa shape index (κ1) is 17.8. The summed E-state index contributed by atoms with van der Waals surface area (Å²) in [4.78, 5) is 24.3. The van der Waals surface area contributed by atoms with E-state index in [1.165, 1.54) is 11.3 Å². The molecule has 1 aliphatic rings. The van der Waals surface area contributed by atoms with Crippen LogP contribution in [0.2, 0.25) is 0 Å². The Hall–Kier alpha value is -1.50. The van der Waals surface area contributed by atoms with E-state index in [9.17, 15) is 14.7 Å². The molecule has 1 saturated carbocycles. The zero-order chi connectivity index (χ0) is 16.9. The molecule has 0 spiro atoms. The van der Waals surface area contributed by atoms with Gasteiger partial charge >= 0.3 is 5.97 Å². The Bertz CT molecular complexity index is 553. The Balaban J connectivity index is 2.07. The number of nitrogens with zero attached hydrogens (tertiary/aromatic N) is 2. The average molecular weight is 339 g/mol. The van der Waals surface area contributed by atoms with E-state index in [-0.39, 0.29) is 11.8 Å². The maximum absolute atomic E-state index is 12.6. The lowest BCUT2D eigenvalue weighted by molar-refractivity contribution is -0.150. The van der Waals surface area contributed by atoms with Gasteiger partial charge in [-0.05, 0) is 32.1 Å². The summed E-state index contributed by atoms with van der Waals surface area (Å²) in [7, 11) is 0. The maximum Gasteiger partial charge on any atom is 0.309 e. The second-order valence-corrected chi connectivity index (χ2v) is 7.39. The molecule has 2 N–H and O–H groups in total. The third kappa shape index (κ3) is 4.28. The number of amides is 1. The number of hydrogen-bond donors (Lipinski definition) is 2. The van der Waals surface area contributed by atoms with Gasteiger partial charge in [0.25, 0.3) is 0 Å². The van der Waals surface area contributed by atoms with Gasteiger partial charge in [-0.25, -0.2) is 0 Å². The monoisotopic (exact) mass is 339 g/mol. The van der Waals surface area contributed by atoms with Crippen molar-refractivity contribution in [2.45, 2.75) is 65.2 Å². The summed E-state index contributed by atoms with van der Waals surface area (Å²) >= 11 is 1.37. The summed E-state index contributed by atoms with van der Waals surface area (Å²) in [6, 6.07) is 0. The first-order valence-electron chi connectivity index (χ1n) is 8.37. The minimum Gasteiger partial charge on any atom is -0.481 e. The Kier molecular flexibility index (Phi) is 6.10. The first-order chi connectivity index (χ1) is 11.0. The Morgan fingerprint density at radius 1 is 1.30 bits per heavy atom. The zero-order valence-corrected chi connectivity index (χ0v) is 14.6. The quantitative estimate of drug-likeness (QED) is 0.756. The molecule has 1 unspecified atom stereocenters. The molecule has 0 bridgehead atoms. The summed E-state index contributed by atoms with van der Waals surface area (Å²) in [5.41, 5.74) is -0.729. The summed E-state index contributed by atoms with van der Waals surface area (Å²) < 4.78 is 0. The fraction of sp³-hybridized carbons (Fsp3) is 0.750. The summed E-state index contributed by atoms with van der Waals surface area (Å²) in [6.07, 6.45) is 5.97. The van der Waals surface area contributed by atoms with Gasteiger partial charge in [-0.1, -0.05) is 44.4 Å². The highest BCUT2D eigenvalue weighted by Crippen LogP contribution is 2.44. The Labute approximate surface area is 140 Å². The van der Waals surface area contributed by atoms with E-state index in [2.05, 4.69) is 15.5 Å². The van der Waals surface area contributed by atoms with Crippen LogP contribution in [0.5, 0.6) is 0 Å². The second-order valence-electron chi connectivity index (χ2n) is 6.33. The summed E-state index contributed by atoms with van der Waals surface area (Å²) in [5.74, 6) is -1.17. The van der Waals surface area contributed by atoms with Gasteiger partial charge in [0.2, 0.25) is 11.0 Å². The number of carbonyl (C=O) groups excluding carboxylic acids is 1. The first-order valence-corrected chi connectivity index (χ1v) is 9.19. The number of aromatic nitrogens is 2. The van der Waals surface area contributed by atoms with E-state index in [0.29, 0.717) is 30.8 Å². The molecule has 0 aromatic carbocycles. The molecule has 6 nitrogen and oxygen atoms in total. The van der Waals surface area contributed by atoms with Crippen LogP contribution < -0.4 is 5.32 Å². The number of aryl methyl sites for hydroxylation is 1. The number of carboxylic acids is 1. The van der Waals surface area contributed by atoms with Crippen molar-refractivity contribution in [1.29, 1.82) is 0 Å². The van der Waals surface area contributed by atoms with Crippen LogP contribution in [0, 0.1) is 11.3 Å². The fourth-order valence-corrected chi connectivity index (χ4v) is 4.04. The molecule has 2 rings (SSSR count). The van der Waals surface area contributed by atoms with Crippen LogP contribution in [-0.4, -0.2) is 27.2 Å². The standard InChI is InChI=1S/C16H25N3O3S/c1-3-7-11(10-16(14(21)22)8-5-6-9-16)13(20)17-15-19-18-12(4-2)23-15/h11H,3-10H2,1-2H3,(H,21,22)(H,17,19,20). The molecule has 1 fully saturated rings. The highest BCUT2D eigenvalue weighted by atomic mass is 32.1. The summed E-state index contributed by atoms with van der Waals surface area (Å²) in [6.45, 7) is 4.01. The van der Waals surface area contributed by atoms with Crippen molar-refractivity contribution in [3.05, 3.63) is 5.01 Å². The van der Waals surface area contributed by atoms with Crippen molar-refractivity contribution in [3.8, 4) is 0 Å². The van der Waals surface area contributed by atoms with Gasteiger partial charge in [-0.15, -0.1) is 10.2 Å². The van der Waals surface area contributed by atoms with E-state index >= 15 is 0 Å². The topological polar surface area (TPSA) is 92.2 Å². The lowest BCUT2D eigenvalue weighted by Gasteiger charge is -2.28. The minimum atomic E-state index is -0.756. The van der Waals surface area contributed by atoms with E-state index in [1.54, 1.807) is 0 Å². The molecule has 1 aliphatic carbocycles. The SMILES string of the molecule is CCCC(CC1(C(=O)O)CCCC1)C(=O)Nc1nnc(CC)s1.